The molecule has 27 N–H and O–H groups in total. The molecule has 1 aliphatic heterocycles. The number of hydrogen-bond donors (Lipinski definition) is 24. The lowest BCUT2D eigenvalue weighted by Gasteiger charge is -2.30. The number of unbranched alkanes of at least 4 members (excludes halogenated alkanes) is 6. The number of para-hydroxylation sites is 3. The minimum atomic E-state index is -2.50. The first-order valence-corrected chi connectivity index (χ1v) is 42.0. The standard InChI is InChI=1S/C84H113N19O27/c1-5-6-7-8-9-10-11-26-64(107)95-55(31-46-38-90-53-24-17-14-20-48(46)53)78(123)98-56(33-63(87)106)79(124)100-59(36-70(116)117)80(125)103-72-44(4)130-84(129)60(32-62(105)49-21-12-15-22-50(49)85)101-83(128)71(42(2)30-67(110)111)102-81(126)61(41-104)96-66(109)39-91-75(120)57(34-68(112)113)97-73(118)43(3)93-77(122)58(35-69(114)115)99-76(121)54(94-65(108)40-92-82(72)127)25-18-29-88-74(119)51(86)28-27-45-37-89-52-23-16-13-19-47(45)52/h12-17,19-24,37-38,42-44,51,54-61,71-72,89-90,104H,5-11,18,25-36,39-41,85-86H2,1-4H3,(H2,87,106)(H,88,119)(H,91,120)(H,92,127)(H,93,122)(H,94,108)(H,95,107)(H,96,109)(H,97,118)(H,98,123)(H,99,121)(H,100,124)(H,101,128)(H,102,126)(H,103,125)(H,110,111)(H,112,113)(H,114,115)(H,116,117). The zero-order valence-corrected chi connectivity index (χ0v) is 71.9. The zero-order valence-electron chi connectivity index (χ0n) is 71.9. The number of H-pyrrole nitrogens is 2. The molecule has 1 fully saturated rings. The molecule has 3 aromatic carbocycles. The predicted octanol–water partition coefficient (Wildman–Crippen LogP) is -4.02. The van der Waals surface area contributed by atoms with E-state index < -0.39 is 273 Å². The number of aromatic nitrogens is 2. The summed E-state index contributed by atoms with van der Waals surface area (Å²) in [6.07, 6.45) is -0.758. The van der Waals surface area contributed by atoms with Crippen molar-refractivity contribution in [2.24, 2.45) is 17.4 Å². The molecule has 130 heavy (non-hydrogen) atoms. The molecule has 5 aromatic rings. The Morgan fingerprint density at radius 2 is 1.04 bits per heavy atom. The van der Waals surface area contributed by atoms with E-state index in [1.165, 1.54) is 24.3 Å². The van der Waals surface area contributed by atoms with Gasteiger partial charge in [0.05, 0.1) is 57.8 Å². The number of aliphatic hydroxyl groups excluding tert-OH is 1. The number of carboxylic acid groups (broad SMARTS) is 4. The van der Waals surface area contributed by atoms with Gasteiger partial charge in [0.2, 0.25) is 88.6 Å². The van der Waals surface area contributed by atoms with Gasteiger partial charge in [-0.2, -0.15) is 0 Å². The number of primary amides is 1. The lowest BCUT2D eigenvalue weighted by atomic mass is 9.96. The van der Waals surface area contributed by atoms with Crippen LogP contribution in [-0.2, 0) is 113 Å². The number of amides is 15. The SMILES string of the molecule is CCCCCCCCCC(=O)NC(Cc1c[nH]c2ccccc12)C(=O)NC(CC(N)=O)C(=O)NC(CC(=O)O)C(=O)NC1C(=O)NCC(=O)NC(CCCNC(=O)C(N)CCc2c[nH]c3ccccc23)C(=O)NC(CC(=O)O)C(=O)NC(C)C(=O)NC(CC(=O)O)C(=O)NCC(=O)NC(CO)C(=O)NC(C(C)CC(=O)O)C(=O)NC(CC(=O)c2ccccc2N)C(=O)OC1C. The summed E-state index contributed by atoms with van der Waals surface area (Å²) in [5.41, 5.74) is 20.4. The van der Waals surface area contributed by atoms with E-state index in [9.17, 15) is 117 Å². The van der Waals surface area contributed by atoms with Crippen molar-refractivity contribution in [1.29, 1.82) is 0 Å². The number of hydrogen-bond acceptors (Lipinski definition) is 25. The second-order valence-corrected chi connectivity index (χ2v) is 31.3. The number of carbonyl (C=O) groups excluding carboxylic acids is 17. The smallest absolute Gasteiger partial charge is 0.329 e. The number of ether oxygens (including phenoxy) is 1. The number of esters is 1. The topological polar surface area (TPSA) is 747 Å². The third-order valence-corrected chi connectivity index (χ3v) is 20.9. The molecule has 3 heterocycles. The number of anilines is 1. The van der Waals surface area contributed by atoms with Crippen molar-refractivity contribution in [1.82, 2.24) is 84.4 Å². The Hall–Kier alpha value is -14.5. The second-order valence-electron chi connectivity index (χ2n) is 31.3. The summed E-state index contributed by atoms with van der Waals surface area (Å²) in [5.74, 6) is -31.0. The third-order valence-electron chi connectivity index (χ3n) is 20.9. The van der Waals surface area contributed by atoms with E-state index in [2.05, 4.69) is 75.4 Å². The second kappa shape index (κ2) is 52.0. The van der Waals surface area contributed by atoms with Gasteiger partial charge in [0.1, 0.15) is 72.6 Å². The number of aryl methyl sites for hydroxylation is 1. The molecule has 0 radical (unpaired) electrons. The number of fused-ring (bicyclic) bond motifs is 2. The van der Waals surface area contributed by atoms with Crippen LogP contribution in [0.15, 0.2) is 85.2 Å². The molecule has 15 amide bonds. The number of benzene rings is 3. The Labute approximate surface area is 743 Å². The molecule has 14 unspecified atom stereocenters. The number of carboxylic acids is 4. The first kappa shape index (κ1) is 104. The van der Waals surface area contributed by atoms with Gasteiger partial charge in [0.25, 0.3) is 0 Å². The average molecular weight is 1820 g/mol. The van der Waals surface area contributed by atoms with Crippen molar-refractivity contribution in [2.75, 3.05) is 32.0 Å². The average Bonchev–Trinajstić information content (AvgIpc) is 1.52. The van der Waals surface area contributed by atoms with E-state index in [1.807, 2.05) is 40.2 Å². The summed E-state index contributed by atoms with van der Waals surface area (Å²) < 4.78 is 5.74. The van der Waals surface area contributed by atoms with E-state index in [0.29, 0.717) is 35.7 Å². The molecule has 1 aliphatic rings. The third kappa shape index (κ3) is 34.0. The molecule has 6 rings (SSSR count). The number of Topliss-reactive ketones (excluding diaryl/α,β-unsaturated/α-hetero) is 1. The summed E-state index contributed by atoms with van der Waals surface area (Å²) in [5, 5.41) is 82.9. The zero-order chi connectivity index (χ0) is 96.0. The Balaban J connectivity index is 1.42. The van der Waals surface area contributed by atoms with Crippen LogP contribution in [0, 0.1) is 5.92 Å². The number of aromatic amines is 2. The Bertz CT molecular complexity index is 4940. The fourth-order valence-electron chi connectivity index (χ4n) is 13.8. The van der Waals surface area contributed by atoms with E-state index in [-0.39, 0.29) is 43.5 Å². The minimum absolute atomic E-state index is 0.0327. The van der Waals surface area contributed by atoms with Gasteiger partial charge in [-0.3, -0.25) is 95.9 Å². The molecule has 0 spiro atoms. The van der Waals surface area contributed by atoms with Gasteiger partial charge in [-0.25, -0.2) is 4.79 Å². The largest absolute Gasteiger partial charge is 0.481 e. The molecule has 706 valence electrons. The van der Waals surface area contributed by atoms with E-state index in [1.54, 1.807) is 36.7 Å². The molecule has 2 aromatic heterocycles. The highest BCUT2D eigenvalue weighted by molar-refractivity contribution is 6.05. The highest BCUT2D eigenvalue weighted by Crippen LogP contribution is 2.23. The van der Waals surface area contributed by atoms with Crippen LogP contribution in [0.4, 0.5) is 5.69 Å². The molecular formula is C84H113N19O27. The molecule has 0 aliphatic carbocycles. The lowest BCUT2D eigenvalue weighted by Crippen LogP contribution is -2.62. The summed E-state index contributed by atoms with van der Waals surface area (Å²) in [6, 6.07) is -4.90. The van der Waals surface area contributed by atoms with Gasteiger partial charge in [-0.05, 0) is 87.3 Å². The molecule has 46 nitrogen and oxygen atoms in total. The molecule has 46 heteroatoms. The van der Waals surface area contributed by atoms with Crippen LogP contribution in [0.5, 0.6) is 0 Å². The number of carbonyl (C=O) groups is 21. The maximum Gasteiger partial charge on any atom is 0.329 e. The normalized spacial score (nSPS) is 20.3. The molecule has 1 saturated heterocycles. The van der Waals surface area contributed by atoms with E-state index >= 15 is 9.59 Å². The van der Waals surface area contributed by atoms with Crippen molar-refractivity contribution in [3.05, 3.63) is 102 Å². The number of ketones is 1. The summed E-state index contributed by atoms with van der Waals surface area (Å²) in [7, 11) is 0. The molecular weight excluding hydrogens is 1710 g/mol. The highest BCUT2D eigenvalue weighted by Gasteiger charge is 2.41. The van der Waals surface area contributed by atoms with Crippen LogP contribution >= 0.6 is 0 Å². The van der Waals surface area contributed by atoms with Crippen LogP contribution in [0.2, 0.25) is 0 Å². The van der Waals surface area contributed by atoms with Gasteiger partial charge in [-0.1, -0.05) is 101 Å². The van der Waals surface area contributed by atoms with Gasteiger partial charge in [0.15, 0.2) is 5.78 Å². The highest BCUT2D eigenvalue weighted by atomic mass is 16.5. The lowest BCUT2D eigenvalue weighted by molar-refractivity contribution is -0.156. The number of aliphatic carboxylic acids is 4. The monoisotopic (exact) mass is 1820 g/mol. The fraction of sp³-hybridized carbons (Fsp3) is 0.488. The minimum Gasteiger partial charge on any atom is -0.481 e. The van der Waals surface area contributed by atoms with Crippen molar-refractivity contribution in [3.63, 3.8) is 0 Å². The van der Waals surface area contributed by atoms with Crippen LogP contribution in [-0.4, -0.2) is 265 Å². The van der Waals surface area contributed by atoms with Crippen molar-refractivity contribution in [2.45, 2.75) is 228 Å². The van der Waals surface area contributed by atoms with Gasteiger partial charge in [0, 0.05) is 71.3 Å². The maximum atomic E-state index is 15.0. The Morgan fingerprint density at radius 3 is 1.64 bits per heavy atom. The van der Waals surface area contributed by atoms with Gasteiger partial charge in [-0.15, -0.1) is 0 Å². The van der Waals surface area contributed by atoms with Crippen molar-refractivity contribution < 1.29 is 131 Å². The van der Waals surface area contributed by atoms with Gasteiger partial charge < -0.3 is 132 Å². The first-order chi connectivity index (χ1) is 61.7. The number of nitrogens with one attached hydrogen (secondary N) is 16. The van der Waals surface area contributed by atoms with Gasteiger partial charge >= 0.3 is 29.8 Å². The fourth-order valence-corrected chi connectivity index (χ4v) is 13.8. The number of rotatable bonds is 40. The van der Waals surface area contributed by atoms with Crippen molar-refractivity contribution >= 4 is 152 Å². The Kier molecular flexibility index (Phi) is 41.7. The van der Waals surface area contributed by atoms with Crippen LogP contribution < -0.4 is 91.6 Å². The maximum absolute atomic E-state index is 15.0. The number of nitrogen functional groups attached to an aromatic ring is 1. The van der Waals surface area contributed by atoms with E-state index in [0.717, 1.165) is 69.3 Å². The number of aliphatic hydroxyl groups is 1. The quantitative estimate of drug-likeness (QED) is 0.00769. The van der Waals surface area contributed by atoms with Crippen LogP contribution in [0.1, 0.15) is 158 Å². The Morgan fingerprint density at radius 1 is 0.515 bits per heavy atom. The first-order valence-electron chi connectivity index (χ1n) is 42.0. The number of nitrogens with two attached hydrogens (primary N) is 3. The van der Waals surface area contributed by atoms with Crippen molar-refractivity contribution in [3.8, 4) is 0 Å². The summed E-state index contributed by atoms with van der Waals surface area (Å²) in [6.45, 7) is 0.847. The molecule has 0 bridgehead atoms. The number of cyclic esters (lactones) is 1. The predicted molar refractivity (Wildman–Crippen MR) is 459 cm³/mol. The van der Waals surface area contributed by atoms with Crippen LogP contribution in [0.25, 0.3) is 21.8 Å². The van der Waals surface area contributed by atoms with E-state index in [4.69, 9.17) is 21.9 Å². The summed E-state index contributed by atoms with van der Waals surface area (Å²) in [4.78, 5) is 297. The van der Waals surface area contributed by atoms with Crippen LogP contribution in [0.3, 0.4) is 0 Å². The molecule has 14 atom stereocenters. The summed E-state index contributed by atoms with van der Waals surface area (Å²) >= 11 is 0. The molecule has 0 saturated carbocycles.